The number of nitrogens with one attached hydrogen (secondary N) is 1. The highest BCUT2D eigenvalue weighted by Crippen LogP contribution is 2.52. The van der Waals surface area contributed by atoms with Gasteiger partial charge in [-0.25, -0.2) is 9.69 Å². The quantitative estimate of drug-likeness (QED) is 0.868. The molecule has 1 spiro atoms. The second-order valence-corrected chi connectivity index (χ2v) is 6.44. The van der Waals surface area contributed by atoms with E-state index in [1.165, 1.54) is 4.90 Å². The number of hydrogen-bond donors (Lipinski definition) is 1. The lowest BCUT2D eigenvalue weighted by Crippen LogP contribution is -2.37. The average molecular weight is 313 g/mol. The fraction of sp³-hybridized carbons (Fsp3) is 0.471. The number of oxime groups is 1. The van der Waals surface area contributed by atoms with Gasteiger partial charge in [0.1, 0.15) is 11.6 Å². The number of nitrogens with zero attached hydrogens (tertiary/aromatic N) is 2. The van der Waals surface area contributed by atoms with E-state index >= 15 is 0 Å². The van der Waals surface area contributed by atoms with E-state index in [0.717, 1.165) is 25.0 Å². The molecule has 1 aromatic rings. The van der Waals surface area contributed by atoms with Gasteiger partial charge in [-0.1, -0.05) is 36.7 Å². The van der Waals surface area contributed by atoms with Crippen LogP contribution in [0.4, 0.5) is 10.5 Å². The Hall–Kier alpha value is -2.37. The molecule has 0 radical (unpaired) electrons. The Bertz CT molecular complexity index is 688. The van der Waals surface area contributed by atoms with Gasteiger partial charge in [-0.05, 0) is 25.0 Å². The Kier molecular flexibility index (Phi) is 3.14. The van der Waals surface area contributed by atoms with Gasteiger partial charge in [0.25, 0.3) is 5.91 Å². The zero-order chi connectivity index (χ0) is 16.0. The Morgan fingerprint density at radius 2 is 2.13 bits per heavy atom. The van der Waals surface area contributed by atoms with Gasteiger partial charge in [0.05, 0.1) is 11.4 Å². The van der Waals surface area contributed by atoms with E-state index in [9.17, 15) is 9.59 Å². The minimum atomic E-state index is -0.797. The van der Waals surface area contributed by atoms with Gasteiger partial charge >= 0.3 is 6.03 Å². The van der Waals surface area contributed by atoms with E-state index in [-0.39, 0.29) is 24.0 Å². The molecule has 0 unspecified atom stereocenters. The molecule has 3 amide bonds. The van der Waals surface area contributed by atoms with Crippen LogP contribution in [0.3, 0.4) is 0 Å². The Balaban J connectivity index is 1.50. The van der Waals surface area contributed by atoms with E-state index in [1.54, 1.807) is 12.1 Å². The molecule has 2 aliphatic heterocycles. The first kappa shape index (κ1) is 14.2. The number of anilines is 1. The minimum Gasteiger partial charge on any atom is -0.392 e. The van der Waals surface area contributed by atoms with Crippen LogP contribution < -0.4 is 10.2 Å². The molecule has 3 atom stereocenters. The molecule has 1 saturated carbocycles. The third-order valence-electron chi connectivity index (χ3n) is 4.89. The highest BCUT2D eigenvalue weighted by molar-refractivity contribution is 6.24. The molecule has 0 bridgehead atoms. The molecular formula is C17H19N3O3. The molecule has 23 heavy (non-hydrogen) atoms. The van der Waals surface area contributed by atoms with Crippen molar-refractivity contribution in [3.8, 4) is 0 Å². The predicted molar refractivity (Wildman–Crippen MR) is 85.1 cm³/mol. The van der Waals surface area contributed by atoms with Crippen molar-refractivity contribution in [3.63, 3.8) is 0 Å². The molecule has 2 heterocycles. The number of rotatable bonds is 4. The molecule has 4 rings (SSSR count). The first-order valence-corrected chi connectivity index (χ1v) is 8.09. The van der Waals surface area contributed by atoms with Crippen molar-refractivity contribution in [1.82, 2.24) is 5.32 Å². The summed E-state index contributed by atoms with van der Waals surface area (Å²) in [7, 11) is 0. The molecule has 0 aromatic heterocycles. The van der Waals surface area contributed by atoms with Crippen molar-refractivity contribution in [3.05, 3.63) is 30.3 Å². The van der Waals surface area contributed by atoms with Crippen molar-refractivity contribution in [2.45, 2.75) is 44.2 Å². The highest BCUT2D eigenvalue weighted by atomic mass is 16.6. The predicted octanol–water partition coefficient (Wildman–Crippen LogP) is 2.45. The molecule has 1 saturated heterocycles. The van der Waals surface area contributed by atoms with Crippen molar-refractivity contribution >= 4 is 23.3 Å². The minimum absolute atomic E-state index is 0.00534. The highest BCUT2D eigenvalue weighted by Gasteiger charge is 2.70. The van der Waals surface area contributed by atoms with Crippen molar-refractivity contribution < 1.29 is 14.4 Å². The number of imide groups is 1. The van der Waals surface area contributed by atoms with Gasteiger partial charge in [-0.2, -0.15) is 0 Å². The molecule has 6 nitrogen and oxygen atoms in total. The van der Waals surface area contributed by atoms with Gasteiger partial charge in [0, 0.05) is 12.3 Å². The monoisotopic (exact) mass is 313 g/mol. The molecule has 120 valence electrons. The van der Waals surface area contributed by atoms with Gasteiger partial charge in [0.2, 0.25) is 0 Å². The average Bonchev–Trinajstić information content (AvgIpc) is 2.97. The fourth-order valence-corrected chi connectivity index (χ4v) is 3.63. The second kappa shape index (κ2) is 5.08. The number of para-hydroxylation sites is 1. The number of carbonyl (C=O) groups excluding carboxylic acids is 2. The van der Waals surface area contributed by atoms with Crippen LogP contribution >= 0.6 is 0 Å². The van der Waals surface area contributed by atoms with Crippen LogP contribution in [0.1, 0.15) is 32.6 Å². The number of urea groups is 1. The summed E-state index contributed by atoms with van der Waals surface area (Å²) in [5.41, 5.74) is 0.860. The molecule has 6 heteroatoms. The number of benzene rings is 1. The summed E-state index contributed by atoms with van der Waals surface area (Å²) >= 11 is 0. The van der Waals surface area contributed by atoms with Crippen LogP contribution in [-0.2, 0) is 9.63 Å². The van der Waals surface area contributed by atoms with E-state index < -0.39 is 5.54 Å². The molecule has 1 N–H and O–H groups in total. The second-order valence-electron chi connectivity index (χ2n) is 6.44. The third kappa shape index (κ3) is 2.12. The number of amides is 3. The number of carbonyl (C=O) groups is 2. The van der Waals surface area contributed by atoms with E-state index in [0.29, 0.717) is 12.1 Å². The lowest BCUT2D eigenvalue weighted by molar-refractivity contribution is -0.120. The summed E-state index contributed by atoms with van der Waals surface area (Å²) < 4.78 is 0. The molecule has 1 aliphatic carbocycles. The normalized spacial score (nSPS) is 32.0. The van der Waals surface area contributed by atoms with Crippen molar-refractivity contribution in [1.29, 1.82) is 0 Å². The maximum atomic E-state index is 12.8. The zero-order valence-corrected chi connectivity index (χ0v) is 13.0. The first-order valence-electron chi connectivity index (χ1n) is 8.09. The molecule has 2 fully saturated rings. The van der Waals surface area contributed by atoms with Crippen LogP contribution in [0.2, 0.25) is 0 Å². The molecule has 3 aliphatic rings. The van der Waals surface area contributed by atoms with E-state index in [1.807, 2.05) is 18.2 Å². The summed E-state index contributed by atoms with van der Waals surface area (Å²) in [5.74, 6) is -0.169. The van der Waals surface area contributed by atoms with Crippen LogP contribution in [0.15, 0.2) is 35.5 Å². The van der Waals surface area contributed by atoms with Gasteiger partial charge < -0.3 is 10.2 Å². The van der Waals surface area contributed by atoms with Gasteiger partial charge in [-0.15, -0.1) is 0 Å². The Morgan fingerprint density at radius 3 is 2.87 bits per heavy atom. The van der Waals surface area contributed by atoms with Crippen LogP contribution in [0.5, 0.6) is 0 Å². The molecular weight excluding hydrogens is 294 g/mol. The number of hydrogen-bond acceptors (Lipinski definition) is 4. The standard InChI is InChI=1S/C17H19N3O3/c1-2-6-11-9-14(23-19-11)13-10-17(13)15(21)20(16(22)18-17)12-7-4-3-5-8-12/h3-5,7-8,13-14H,2,6,9-10H2,1H3,(H,18,22)/t13-,14+,17+/m0/s1. The topological polar surface area (TPSA) is 71.0 Å². The SMILES string of the molecule is CCCC1=NO[C@@H]([C@@H]2C[C@@]23NC(=O)N(c2ccccc2)C3=O)C1. The smallest absolute Gasteiger partial charge is 0.329 e. The van der Waals surface area contributed by atoms with Crippen molar-refractivity contribution in [2.24, 2.45) is 11.1 Å². The lowest BCUT2D eigenvalue weighted by Gasteiger charge is -2.14. The zero-order valence-electron chi connectivity index (χ0n) is 13.0. The first-order chi connectivity index (χ1) is 11.2. The summed E-state index contributed by atoms with van der Waals surface area (Å²) in [4.78, 5) is 31.9. The lowest BCUT2D eigenvalue weighted by atomic mass is 10.0. The van der Waals surface area contributed by atoms with Crippen molar-refractivity contribution in [2.75, 3.05) is 4.90 Å². The Morgan fingerprint density at radius 1 is 1.35 bits per heavy atom. The van der Waals surface area contributed by atoms with Gasteiger partial charge in [0.15, 0.2) is 0 Å². The third-order valence-corrected chi connectivity index (χ3v) is 4.89. The van der Waals surface area contributed by atoms with E-state index in [2.05, 4.69) is 17.4 Å². The summed E-state index contributed by atoms with van der Waals surface area (Å²) in [6, 6.07) is 8.67. The summed E-state index contributed by atoms with van der Waals surface area (Å²) in [6.45, 7) is 2.10. The fourth-order valence-electron chi connectivity index (χ4n) is 3.63. The van der Waals surface area contributed by atoms with Crippen LogP contribution in [0, 0.1) is 5.92 Å². The summed E-state index contributed by atoms with van der Waals surface area (Å²) in [5, 5.41) is 7.01. The maximum Gasteiger partial charge on any atom is 0.329 e. The Labute approximate surface area is 134 Å². The summed E-state index contributed by atoms with van der Waals surface area (Å²) in [6.07, 6.45) is 3.24. The van der Waals surface area contributed by atoms with Crippen LogP contribution in [0.25, 0.3) is 0 Å². The van der Waals surface area contributed by atoms with Crippen LogP contribution in [-0.4, -0.2) is 29.3 Å². The molecule has 1 aromatic carbocycles. The van der Waals surface area contributed by atoms with Gasteiger partial charge in [-0.3, -0.25) is 4.79 Å². The maximum absolute atomic E-state index is 12.8. The van der Waals surface area contributed by atoms with E-state index in [4.69, 9.17) is 4.84 Å². The largest absolute Gasteiger partial charge is 0.392 e.